The normalized spacial score (nSPS) is 12.3. The summed E-state index contributed by atoms with van der Waals surface area (Å²) in [4.78, 5) is 27.9. The number of nitrogens with one attached hydrogen (secondary N) is 1. The predicted molar refractivity (Wildman–Crippen MR) is 136 cm³/mol. The van der Waals surface area contributed by atoms with Crippen LogP contribution in [0.4, 0.5) is 5.69 Å². The molecule has 0 unspecified atom stereocenters. The molecule has 2 aromatic rings. The van der Waals surface area contributed by atoms with E-state index in [1.807, 2.05) is 20.8 Å². The highest BCUT2D eigenvalue weighted by molar-refractivity contribution is 9.10. The van der Waals surface area contributed by atoms with Crippen LogP contribution in [0.15, 0.2) is 53.0 Å². The molecular formula is C23H29BrClN3O4S. The first-order valence-electron chi connectivity index (χ1n) is 10.5. The summed E-state index contributed by atoms with van der Waals surface area (Å²) < 4.78 is 26.8. The van der Waals surface area contributed by atoms with Crippen LogP contribution in [-0.4, -0.2) is 50.0 Å². The molecule has 0 heterocycles. The molecule has 0 saturated heterocycles. The van der Waals surface area contributed by atoms with Crippen LogP contribution in [-0.2, 0) is 26.2 Å². The van der Waals surface area contributed by atoms with Gasteiger partial charge in [-0.25, -0.2) is 8.42 Å². The maximum Gasteiger partial charge on any atom is 0.244 e. The SMILES string of the molecule is CC[C@H](C(=O)NC(C)C)N(Cc1ccc(Cl)cc1)C(=O)CN(c1cccc(Br)c1)S(C)(=O)=O. The molecule has 0 aromatic heterocycles. The third kappa shape index (κ3) is 8.01. The first-order chi connectivity index (χ1) is 15.4. The third-order valence-electron chi connectivity index (χ3n) is 4.86. The summed E-state index contributed by atoms with van der Waals surface area (Å²) in [5.41, 5.74) is 1.13. The van der Waals surface area contributed by atoms with Gasteiger partial charge in [0.1, 0.15) is 12.6 Å². The fourth-order valence-corrected chi connectivity index (χ4v) is 4.69. The number of anilines is 1. The van der Waals surface area contributed by atoms with Crippen molar-refractivity contribution in [2.45, 2.75) is 45.8 Å². The van der Waals surface area contributed by atoms with Crippen LogP contribution in [0.3, 0.4) is 0 Å². The van der Waals surface area contributed by atoms with Gasteiger partial charge in [0.05, 0.1) is 11.9 Å². The summed E-state index contributed by atoms with van der Waals surface area (Å²) in [7, 11) is -3.77. The van der Waals surface area contributed by atoms with Gasteiger partial charge in [-0.15, -0.1) is 0 Å². The van der Waals surface area contributed by atoms with Crippen molar-refractivity contribution in [3.63, 3.8) is 0 Å². The largest absolute Gasteiger partial charge is 0.352 e. The molecule has 0 radical (unpaired) electrons. The van der Waals surface area contributed by atoms with Gasteiger partial charge in [0, 0.05) is 22.1 Å². The molecule has 0 saturated carbocycles. The number of rotatable bonds is 10. The highest BCUT2D eigenvalue weighted by Gasteiger charge is 2.32. The molecule has 10 heteroatoms. The second-order valence-electron chi connectivity index (χ2n) is 7.98. The van der Waals surface area contributed by atoms with E-state index in [-0.39, 0.29) is 18.5 Å². The Labute approximate surface area is 209 Å². The van der Waals surface area contributed by atoms with E-state index in [0.29, 0.717) is 21.6 Å². The zero-order valence-corrected chi connectivity index (χ0v) is 22.2. The van der Waals surface area contributed by atoms with Gasteiger partial charge in [-0.3, -0.25) is 13.9 Å². The molecule has 1 atom stereocenters. The Morgan fingerprint density at radius 3 is 2.27 bits per heavy atom. The van der Waals surface area contributed by atoms with Gasteiger partial charge in [-0.1, -0.05) is 52.7 Å². The predicted octanol–water partition coefficient (Wildman–Crippen LogP) is 4.20. The van der Waals surface area contributed by atoms with Crippen molar-refractivity contribution < 1.29 is 18.0 Å². The van der Waals surface area contributed by atoms with Crippen LogP contribution in [0.2, 0.25) is 5.02 Å². The van der Waals surface area contributed by atoms with E-state index in [4.69, 9.17) is 11.6 Å². The van der Waals surface area contributed by atoms with Gasteiger partial charge in [0.25, 0.3) is 0 Å². The number of carbonyl (C=O) groups is 2. The van der Waals surface area contributed by atoms with Gasteiger partial charge < -0.3 is 10.2 Å². The second kappa shape index (κ2) is 11.9. The molecule has 0 aliphatic heterocycles. The summed E-state index contributed by atoms with van der Waals surface area (Å²) in [6.45, 7) is 5.20. The average molecular weight is 559 g/mol. The highest BCUT2D eigenvalue weighted by atomic mass is 79.9. The van der Waals surface area contributed by atoms with E-state index >= 15 is 0 Å². The van der Waals surface area contributed by atoms with E-state index in [1.165, 1.54) is 4.90 Å². The topological polar surface area (TPSA) is 86.8 Å². The van der Waals surface area contributed by atoms with Gasteiger partial charge in [0.2, 0.25) is 21.8 Å². The number of halogens is 2. The Kier molecular flexibility index (Phi) is 9.75. The number of benzene rings is 2. The molecular weight excluding hydrogens is 530 g/mol. The summed E-state index contributed by atoms with van der Waals surface area (Å²) in [6, 6.07) is 12.8. The van der Waals surface area contributed by atoms with Crippen molar-refractivity contribution in [1.29, 1.82) is 0 Å². The van der Waals surface area contributed by atoms with Crippen molar-refractivity contribution in [1.82, 2.24) is 10.2 Å². The van der Waals surface area contributed by atoms with Crippen molar-refractivity contribution in [2.24, 2.45) is 0 Å². The van der Waals surface area contributed by atoms with Crippen LogP contribution >= 0.6 is 27.5 Å². The molecule has 2 aromatic carbocycles. The molecule has 0 spiro atoms. The summed E-state index contributed by atoms with van der Waals surface area (Å²) in [5.74, 6) is -0.774. The standard InChI is InChI=1S/C23H29BrClN3O4S/c1-5-21(23(30)26-16(2)3)27(14-17-9-11-19(25)12-10-17)22(29)15-28(33(4,31)32)20-8-6-7-18(24)13-20/h6-13,16,21H,5,14-15H2,1-4H3,(H,26,30)/t21-/m1/s1. The van der Waals surface area contributed by atoms with Gasteiger partial charge in [-0.05, 0) is 56.2 Å². The smallest absolute Gasteiger partial charge is 0.244 e. The Balaban J connectivity index is 2.43. The van der Waals surface area contributed by atoms with Crippen LogP contribution in [0.5, 0.6) is 0 Å². The van der Waals surface area contributed by atoms with Crippen LogP contribution < -0.4 is 9.62 Å². The fraction of sp³-hybridized carbons (Fsp3) is 0.391. The molecule has 2 rings (SSSR count). The minimum Gasteiger partial charge on any atom is -0.352 e. The minimum atomic E-state index is -3.77. The van der Waals surface area contributed by atoms with Gasteiger partial charge >= 0.3 is 0 Å². The number of hydrogen-bond donors (Lipinski definition) is 1. The quantitative estimate of drug-likeness (QED) is 0.474. The number of sulfonamides is 1. The molecule has 0 fully saturated rings. The van der Waals surface area contributed by atoms with Gasteiger partial charge in [-0.2, -0.15) is 0 Å². The monoisotopic (exact) mass is 557 g/mol. The van der Waals surface area contributed by atoms with Gasteiger partial charge in [0.15, 0.2) is 0 Å². The maximum absolute atomic E-state index is 13.5. The zero-order chi connectivity index (χ0) is 24.8. The van der Waals surface area contributed by atoms with Crippen molar-refractivity contribution >= 4 is 55.1 Å². The number of nitrogens with zero attached hydrogens (tertiary/aromatic N) is 2. The fourth-order valence-electron chi connectivity index (χ4n) is 3.33. The lowest BCUT2D eigenvalue weighted by Crippen LogP contribution is -2.53. The minimum absolute atomic E-state index is 0.103. The Bertz CT molecular complexity index is 1080. The first kappa shape index (κ1) is 27.1. The molecule has 0 bridgehead atoms. The first-order valence-corrected chi connectivity index (χ1v) is 13.5. The molecule has 0 aliphatic rings. The van der Waals surface area contributed by atoms with Crippen molar-refractivity contribution in [2.75, 3.05) is 17.1 Å². The average Bonchev–Trinajstić information content (AvgIpc) is 2.71. The van der Waals surface area contributed by atoms with E-state index < -0.39 is 28.5 Å². The lowest BCUT2D eigenvalue weighted by molar-refractivity contribution is -0.140. The Morgan fingerprint density at radius 2 is 1.76 bits per heavy atom. The number of amides is 2. The van der Waals surface area contributed by atoms with E-state index in [2.05, 4.69) is 21.2 Å². The molecule has 33 heavy (non-hydrogen) atoms. The highest BCUT2D eigenvalue weighted by Crippen LogP contribution is 2.23. The molecule has 0 aliphatic carbocycles. The summed E-state index contributed by atoms with van der Waals surface area (Å²) >= 11 is 9.32. The lowest BCUT2D eigenvalue weighted by atomic mass is 10.1. The van der Waals surface area contributed by atoms with Crippen molar-refractivity contribution in [3.05, 3.63) is 63.6 Å². The second-order valence-corrected chi connectivity index (χ2v) is 11.2. The van der Waals surface area contributed by atoms with Crippen LogP contribution in [0.1, 0.15) is 32.8 Å². The molecule has 7 nitrogen and oxygen atoms in total. The maximum atomic E-state index is 13.5. The van der Waals surface area contributed by atoms with E-state index in [0.717, 1.165) is 16.1 Å². The zero-order valence-electron chi connectivity index (χ0n) is 19.1. The van der Waals surface area contributed by atoms with E-state index in [1.54, 1.807) is 48.5 Å². The Morgan fingerprint density at radius 1 is 1.12 bits per heavy atom. The lowest BCUT2D eigenvalue weighted by Gasteiger charge is -2.33. The number of carbonyl (C=O) groups excluding carboxylic acids is 2. The van der Waals surface area contributed by atoms with E-state index in [9.17, 15) is 18.0 Å². The van der Waals surface area contributed by atoms with Crippen LogP contribution in [0.25, 0.3) is 0 Å². The molecule has 2 amide bonds. The summed E-state index contributed by atoms with van der Waals surface area (Å²) in [5, 5.41) is 3.41. The summed E-state index contributed by atoms with van der Waals surface area (Å²) in [6.07, 6.45) is 1.42. The molecule has 1 N–H and O–H groups in total. The van der Waals surface area contributed by atoms with Crippen LogP contribution in [0, 0.1) is 0 Å². The van der Waals surface area contributed by atoms with Crippen molar-refractivity contribution in [3.8, 4) is 0 Å². The number of hydrogen-bond acceptors (Lipinski definition) is 4. The Hall–Kier alpha value is -2.10. The third-order valence-corrected chi connectivity index (χ3v) is 6.74. The molecule has 180 valence electrons.